The van der Waals surface area contributed by atoms with Crippen molar-refractivity contribution in [3.63, 3.8) is 0 Å². The monoisotopic (exact) mass is 300 g/mol. The molecule has 0 heterocycles. The van der Waals surface area contributed by atoms with Crippen molar-refractivity contribution in [3.05, 3.63) is 46.5 Å². The second-order valence-corrected chi connectivity index (χ2v) is 5.19. The van der Waals surface area contributed by atoms with Gasteiger partial charge >= 0.3 is 5.97 Å². The van der Waals surface area contributed by atoms with Crippen LogP contribution in [0.4, 0.5) is 0 Å². The number of benzene rings is 2. The van der Waals surface area contributed by atoms with E-state index in [-0.39, 0.29) is 11.3 Å². The molecule has 0 unspecified atom stereocenters. The molecule has 0 saturated heterocycles. The van der Waals surface area contributed by atoms with Gasteiger partial charge in [0.2, 0.25) is 0 Å². The number of rotatable bonds is 3. The van der Waals surface area contributed by atoms with Crippen molar-refractivity contribution >= 4 is 5.97 Å². The van der Waals surface area contributed by atoms with Gasteiger partial charge in [-0.1, -0.05) is 12.1 Å². The summed E-state index contributed by atoms with van der Waals surface area (Å²) >= 11 is 0. The van der Waals surface area contributed by atoms with E-state index in [0.29, 0.717) is 5.56 Å². The van der Waals surface area contributed by atoms with Crippen LogP contribution in [-0.2, 0) is 4.74 Å². The lowest BCUT2D eigenvalue weighted by atomic mass is 9.89. The molecule has 2 rings (SSSR count). The summed E-state index contributed by atoms with van der Waals surface area (Å²) in [5.74, 6) is 0.156. The Morgan fingerprint density at radius 3 is 2.05 bits per heavy atom. The molecule has 22 heavy (non-hydrogen) atoms. The highest BCUT2D eigenvalue weighted by molar-refractivity contribution is 5.98. The van der Waals surface area contributed by atoms with Crippen molar-refractivity contribution in [2.45, 2.75) is 20.8 Å². The smallest absolute Gasteiger partial charge is 0.341 e. The number of ether oxygens (including phenoxy) is 2. The van der Waals surface area contributed by atoms with E-state index in [9.17, 15) is 9.90 Å². The van der Waals surface area contributed by atoms with E-state index in [1.807, 2.05) is 45.0 Å². The average molecular weight is 300 g/mol. The van der Waals surface area contributed by atoms with Gasteiger partial charge in [-0.3, -0.25) is 0 Å². The first kappa shape index (κ1) is 15.9. The standard InChI is InChI=1S/C18H20O4/c1-10-11(2)15(13-6-8-14(21-4)9-7-13)17(19)16(12(10)3)18(20)22-5/h6-9,19H,1-5H3. The number of carbonyl (C=O) groups is 1. The number of hydrogen-bond donors (Lipinski definition) is 1. The van der Waals surface area contributed by atoms with Gasteiger partial charge in [-0.25, -0.2) is 4.79 Å². The molecule has 0 radical (unpaired) electrons. The van der Waals surface area contributed by atoms with E-state index in [0.717, 1.165) is 28.0 Å². The van der Waals surface area contributed by atoms with Crippen molar-refractivity contribution in [2.24, 2.45) is 0 Å². The van der Waals surface area contributed by atoms with Crippen LogP contribution in [-0.4, -0.2) is 25.3 Å². The summed E-state index contributed by atoms with van der Waals surface area (Å²) in [5, 5.41) is 10.6. The average Bonchev–Trinajstić information content (AvgIpc) is 2.53. The Hall–Kier alpha value is -2.49. The van der Waals surface area contributed by atoms with Crippen molar-refractivity contribution in [1.82, 2.24) is 0 Å². The maximum absolute atomic E-state index is 12.0. The van der Waals surface area contributed by atoms with Gasteiger partial charge in [0.15, 0.2) is 0 Å². The first-order chi connectivity index (χ1) is 10.4. The van der Waals surface area contributed by atoms with Crippen molar-refractivity contribution in [1.29, 1.82) is 0 Å². The van der Waals surface area contributed by atoms with Crippen LogP contribution in [0.3, 0.4) is 0 Å². The van der Waals surface area contributed by atoms with Gasteiger partial charge in [0.25, 0.3) is 0 Å². The highest BCUT2D eigenvalue weighted by atomic mass is 16.5. The van der Waals surface area contributed by atoms with Gasteiger partial charge in [-0.15, -0.1) is 0 Å². The van der Waals surface area contributed by atoms with E-state index < -0.39 is 5.97 Å². The molecule has 2 aromatic rings. The van der Waals surface area contributed by atoms with Crippen LogP contribution >= 0.6 is 0 Å². The third-order valence-electron chi connectivity index (χ3n) is 4.12. The molecule has 2 aromatic carbocycles. The molecule has 0 aliphatic heterocycles. The summed E-state index contributed by atoms with van der Waals surface area (Å²) in [6.45, 7) is 5.68. The molecule has 1 N–H and O–H groups in total. The molecule has 116 valence electrons. The largest absolute Gasteiger partial charge is 0.506 e. The van der Waals surface area contributed by atoms with Crippen LogP contribution in [0, 0.1) is 20.8 Å². The highest BCUT2D eigenvalue weighted by Crippen LogP contribution is 2.40. The Bertz CT molecular complexity index is 715. The maximum atomic E-state index is 12.0. The summed E-state index contributed by atoms with van der Waals surface area (Å²) in [6.07, 6.45) is 0. The summed E-state index contributed by atoms with van der Waals surface area (Å²) in [7, 11) is 2.91. The van der Waals surface area contributed by atoms with Gasteiger partial charge < -0.3 is 14.6 Å². The molecule has 0 fully saturated rings. The molecule has 4 nitrogen and oxygen atoms in total. The third kappa shape index (κ3) is 2.52. The normalized spacial score (nSPS) is 10.4. The Labute approximate surface area is 130 Å². The molecule has 0 amide bonds. The predicted octanol–water partition coefficient (Wildman–Crippen LogP) is 3.78. The van der Waals surface area contributed by atoms with Crippen LogP contribution < -0.4 is 4.74 Å². The van der Waals surface area contributed by atoms with E-state index in [1.54, 1.807) is 7.11 Å². The molecule has 0 aliphatic rings. The Kier molecular flexibility index (Phi) is 4.40. The van der Waals surface area contributed by atoms with Crippen LogP contribution in [0.1, 0.15) is 27.0 Å². The van der Waals surface area contributed by atoms with Crippen molar-refractivity contribution in [3.8, 4) is 22.6 Å². The Balaban J connectivity index is 2.74. The molecule has 0 atom stereocenters. The van der Waals surface area contributed by atoms with Gasteiger partial charge in [0, 0.05) is 5.56 Å². The predicted molar refractivity (Wildman–Crippen MR) is 85.6 cm³/mol. The van der Waals surface area contributed by atoms with Gasteiger partial charge in [-0.2, -0.15) is 0 Å². The van der Waals surface area contributed by atoms with E-state index in [4.69, 9.17) is 9.47 Å². The topological polar surface area (TPSA) is 55.8 Å². The lowest BCUT2D eigenvalue weighted by Crippen LogP contribution is -2.08. The number of methoxy groups -OCH3 is 2. The van der Waals surface area contributed by atoms with E-state index in [2.05, 4.69) is 0 Å². The fraction of sp³-hybridized carbons (Fsp3) is 0.278. The highest BCUT2D eigenvalue weighted by Gasteiger charge is 2.23. The number of aromatic hydroxyl groups is 1. The minimum atomic E-state index is -0.534. The van der Waals surface area contributed by atoms with Crippen LogP contribution in [0.5, 0.6) is 11.5 Å². The van der Waals surface area contributed by atoms with Gasteiger partial charge in [-0.05, 0) is 55.2 Å². The quantitative estimate of drug-likeness (QED) is 0.876. The second kappa shape index (κ2) is 6.10. The van der Waals surface area contributed by atoms with E-state index >= 15 is 0 Å². The molecule has 0 bridgehead atoms. The van der Waals surface area contributed by atoms with Crippen molar-refractivity contribution in [2.75, 3.05) is 14.2 Å². The summed E-state index contributed by atoms with van der Waals surface area (Å²) in [4.78, 5) is 12.0. The Morgan fingerprint density at radius 1 is 0.955 bits per heavy atom. The molecule has 0 saturated carbocycles. The van der Waals surface area contributed by atoms with Gasteiger partial charge in [0.1, 0.15) is 17.1 Å². The van der Waals surface area contributed by atoms with Crippen LogP contribution in [0.25, 0.3) is 11.1 Å². The third-order valence-corrected chi connectivity index (χ3v) is 4.12. The lowest BCUT2D eigenvalue weighted by Gasteiger charge is -2.18. The minimum Gasteiger partial charge on any atom is -0.506 e. The zero-order valence-corrected chi connectivity index (χ0v) is 13.5. The zero-order valence-electron chi connectivity index (χ0n) is 13.5. The fourth-order valence-electron chi connectivity index (χ4n) is 2.60. The molecule has 0 spiro atoms. The molecular weight excluding hydrogens is 280 g/mol. The minimum absolute atomic E-state index is 0.0439. The molecule has 0 aromatic heterocycles. The zero-order chi connectivity index (χ0) is 16.4. The fourth-order valence-corrected chi connectivity index (χ4v) is 2.60. The molecule has 0 aliphatic carbocycles. The number of carbonyl (C=O) groups excluding carboxylic acids is 1. The first-order valence-corrected chi connectivity index (χ1v) is 6.97. The first-order valence-electron chi connectivity index (χ1n) is 6.97. The summed E-state index contributed by atoms with van der Waals surface area (Å²) in [5.41, 5.74) is 4.32. The SMILES string of the molecule is COC(=O)c1c(C)c(C)c(C)c(-c2ccc(OC)cc2)c1O. The van der Waals surface area contributed by atoms with Crippen LogP contribution in [0.15, 0.2) is 24.3 Å². The summed E-state index contributed by atoms with van der Waals surface area (Å²) < 4.78 is 9.95. The lowest BCUT2D eigenvalue weighted by molar-refractivity contribution is 0.0596. The van der Waals surface area contributed by atoms with Crippen molar-refractivity contribution < 1.29 is 19.4 Å². The van der Waals surface area contributed by atoms with E-state index in [1.165, 1.54) is 7.11 Å². The number of esters is 1. The summed E-state index contributed by atoms with van der Waals surface area (Å²) in [6, 6.07) is 7.36. The van der Waals surface area contributed by atoms with Gasteiger partial charge in [0.05, 0.1) is 14.2 Å². The number of phenolic OH excluding ortho intramolecular Hbond substituents is 1. The maximum Gasteiger partial charge on any atom is 0.341 e. The molecular formula is C18H20O4. The second-order valence-electron chi connectivity index (χ2n) is 5.19. The molecule has 4 heteroatoms. The number of hydrogen-bond acceptors (Lipinski definition) is 4. The van der Waals surface area contributed by atoms with Crippen LogP contribution in [0.2, 0.25) is 0 Å². The number of phenols is 1. The Morgan fingerprint density at radius 2 is 1.55 bits per heavy atom.